The summed E-state index contributed by atoms with van der Waals surface area (Å²) in [5, 5.41) is 30.4. The summed E-state index contributed by atoms with van der Waals surface area (Å²) in [5.74, 6) is 0.359. The minimum atomic E-state index is -0.269. The highest BCUT2D eigenvalue weighted by Crippen LogP contribution is 2.37. The number of aromatic hydroxyl groups is 2. The Morgan fingerprint density at radius 3 is 1.95 bits per heavy atom. The number of hydrogen-bond acceptors (Lipinski definition) is 3. The first-order valence-electron chi connectivity index (χ1n) is 7.96. The molecule has 0 fully saturated rings. The summed E-state index contributed by atoms with van der Waals surface area (Å²) in [6.45, 7) is 0. The highest BCUT2D eigenvalue weighted by atomic mass is 16.3. The fraction of sp³-hybridized carbons (Fsp3) is 0.368. The average molecular weight is 298 g/mol. The molecule has 22 heavy (non-hydrogen) atoms. The Kier molecular flexibility index (Phi) is 4.34. The molecule has 0 aromatic heterocycles. The lowest BCUT2D eigenvalue weighted by atomic mass is 9.96. The standard InChI is InChI=1S/C19H22O3/c20-15-4-2-1-3-13-6-9-18(21)16(11-13)17-12-14(5-8-15)7-10-19(17)22/h6-7,9-12,15,20-22H,1-5,8H2/t15-/m0/s1. The Morgan fingerprint density at radius 2 is 1.32 bits per heavy atom. The number of aliphatic hydroxyl groups excluding tert-OH is 1. The summed E-state index contributed by atoms with van der Waals surface area (Å²) in [6.07, 6.45) is 5.00. The van der Waals surface area contributed by atoms with Crippen molar-refractivity contribution in [3.05, 3.63) is 47.5 Å². The Bertz CT molecular complexity index is 664. The SMILES string of the molecule is Oc1ccc2cc1-c1cc(ccc1O)CC[C@@H](O)CCCC2. The molecule has 2 aromatic rings. The Hall–Kier alpha value is -2.00. The van der Waals surface area contributed by atoms with Gasteiger partial charge in [0.2, 0.25) is 0 Å². The van der Waals surface area contributed by atoms with Gasteiger partial charge in [0.25, 0.3) is 0 Å². The maximum atomic E-state index is 10.2. The van der Waals surface area contributed by atoms with Crippen LogP contribution in [0.15, 0.2) is 36.4 Å². The lowest BCUT2D eigenvalue weighted by Crippen LogP contribution is -2.08. The van der Waals surface area contributed by atoms with Crippen molar-refractivity contribution in [1.29, 1.82) is 0 Å². The monoisotopic (exact) mass is 298 g/mol. The van der Waals surface area contributed by atoms with E-state index in [0.717, 1.165) is 49.7 Å². The van der Waals surface area contributed by atoms with Crippen molar-refractivity contribution in [2.75, 3.05) is 0 Å². The van der Waals surface area contributed by atoms with Gasteiger partial charge in [0.1, 0.15) is 11.5 Å². The molecule has 1 atom stereocenters. The van der Waals surface area contributed by atoms with Crippen LogP contribution in [0.3, 0.4) is 0 Å². The molecular formula is C19H22O3. The van der Waals surface area contributed by atoms with E-state index >= 15 is 0 Å². The van der Waals surface area contributed by atoms with Gasteiger partial charge in [0, 0.05) is 11.1 Å². The number of hydrogen-bond donors (Lipinski definition) is 3. The second-order valence-corrected chi connectivity index (χ2v) is 6.14. The number of fused-ring (bicyclic) bond motifs is 5. The van der Waals surface area contributed by atoms with Crippen LogP contribution < -0.4 is 0 Å². The second-order valence-electron chi connectivity index (χ2n) is 6.14. The third-order valence-corrected chi connectivity index (χ3v) is 4.43. The van der Waals surface area contributed by atoms with Crippen LogP contribution in [-0.2, 0) is 12.8 Å². The third kappa shape index (κ3) is 3.25. The number of phenols is 2. The van der Waals surface area contributed by atoms with Gasteiger partial charge in [-0.15, -0.1) is 0 Å². The molecule has 1 aliphatic carbocycles. The summed E-state index contributed by atoms with van der Waals surface area (Å²) >= 11 is 0. The molecule has 4 bridgehead atoms. The van der Waals surface area contributed by atoms with Gasteiger partial charge in [-0.3, -0.25) is 0 Å². The molecule has 0 saturated carbocycles. The predicted octanol–water partition coefficient (Wildman–Crippen LogP) is 3.78. The van der Waals surface area contributed by atoms with E-state index in [0.29, 0.717) is 11.1 Å². The third-order valence-electron chi connectivity index (χ3n) is 4.43. The molecular weight excluding hydrogens is 276 g/mol. The van der Waals surface area contributed by atoms with Crippen LogP contribution in [0.4, 0.5) is 0 Å². The van der Waals surface area contributed by atoms with E-state index in [4.69, 9.17) is 0 Å². The highest BCUT2D eigenvalue weighted by molar-refractivity contribution is 5.76. The molecule has 0 amide bonds. The van der Waals surface area contributed by atoms with Gasteiger partial charge in [0.15, 0.2) is 0 Å². The van der Waals surface area contributed by atoms with Crippen molar-refractivity contribution in [1.82, 2.24) is 0 Å². The topological polar surface area (TPSA) is 60.7 Å². The number of aliphatic hydroxyl groups is 1. The zero-order chi connectivity index (χ0) is 15.5. The molecule has 0 spiro atoms. The smallest absolute Gasteiger partial charge is 0.123 e. The van der Waals surface area contributed by atoms with Crippen LogP contribution in [0.1, 0.15) is 36.8 Å². The van der Waals surface area contributed by atoms with E-state index < -0.39 is 0 Å². The van der Waals surface area contributed by atoms with Gasteiger partial charge in [-0.25, -0.2) is 0 Å². The van der Waals surface area contributed by atoms with E-state index in [1.807, 2.05) is 24.3 Å². The fourth-order valence-corrected chi connectivity index (χ4v) is 3.10. The summed E-state index contributed by atoms with van der Waals surface area (Å²) in [6, 6.07) is 11.1. The lowest BCUT2D eigenvalue weighted by Gasteiger charge is -2.12. The van der Waals surface area contributed by atoms with Gasteiger partial charge >= 0.3 is 0 Å². The normalized spacial score (nSPS) is 18.9. The zero-order valence-electron chi connectivity index (χ0n) is 12.6. The Morgan fingerprint density at radius 1 is 0.727 bits per heavy atom. The molecule has 0 aliphatic heterocycles. The van der Waals surface area contributed by atoms with Gasteiger partial charge in [0.05, 0.1) is 6.10 Å². The van der Waals surface area contributed by atoms with Crippen LogP contribution >= 0.6 is 0 Å². The van der Waals surface area contributed by atoms with Gasteiger partial charge in [-0.05, 0) is 67.5 Å². The van der Waals surface area contributed by atoms with Crippen molar-refractivity contribution in [2.24, 2.45) is 0 Å². The van der Waals surface area contributed by atoms with Crippen molar-refractivity contribution in [2.45, 2.75) is 44.6 Å². The number of phenolic OH excluding ortho intramolecular Hbond substituents is 2. The molecule has 2 aromatic carbocycles. The minimum Gasteiger partial charge on any atom is -0.507 e. The van der Waals surface area contributed by atoms with Crippen molar-refractivity contribution < 1.29 is 15.3 Å². The van der Waals surface area contributed by atoms with E-state index in [9.17, 15) is 15.3 Å². The molecule has 3 nitrogen and oxygen atoms in total. The second kappa shape index (κ2) is 6.41. The number of rotatable bonds is 0. The van der Waals surface area contributed by atoms with E-state index in [1.54, 1.807) is 12.1 Å². The molecule has 0 heterocycles. The van der Waals surface area contributed by atoms with Gasteiger partial charge in [-0.2, -0.15) is 0 Å². The van der Waals surface area contributed by atoms with Crippen LogP contribution in [0.2, 0.25) is 0 Å². The van der Waals surface area contributed by atoms with Crippen LogP contribution in [0.25, 0.3) is 11.1 Å². The Labute approximate surface area is 130 Å². The van der Waals surface area contributed by atoms with Crippen molar-refractivity contribution in [3.63, 3.8) is 0 Å². The molecule has 0 saturated heterocycles. The highest BCUT2D eigenvalue weighted by Gasteiger charge is 2.13. The number of benzene rings is 2. The zero-order valence-corrected chi connectivity index (χ0v) is 12.6. The van der Waals surface area contributed by atoms with E-state index in [1.165, 1.54) is 0 Å². The van der Waals surface area contributed by atoms with Crippen LogP contribution in [0.5, 0.6) is 11.5 Å². The number of aryl methyl sites for hydroxylation is 2. The lowest BCUT2D eigenvalue weighted by molar-refractivity contribution is 0.151. The quantitative estimate of drug-likeness (QED) is 0.693. The first-order valence-corrected chi connectivity index (χ1v) is 7.96. The minimum absolute atomic E-state index is 0.173. The largest absolute Gasteiger partial charge is 0.507 e. The van der Waals surface area contributed by atoms with Crippen LogP contribution in [-0.4, -0.2) is 21.4 Å². The fourth-order valence-electron chi connectivity index (χ4n) is 3.10. The van der Waals surface area contributed by atoms with Crippen molar-refractivity contribution in [3.8, 4) is 22.6 Å². The van der Waals surface area contributed by atoms with Gasteiger partial charge < -0.3 is 15.3 Å². The molecule has 116 valence electrons. The predicted molar refractivity (Wildman–Crippen MR) is 87.1 cm³/mol. The summed E-state index contributed by atoms with van der Waals surface area (Å²) in [5.41, 5.74) is 3.55. The summed E-state index contributed by atoms with van der Waals surface area (Å²) < 4.78 is 0. The molecule has 3 N–H and O–H groups in total. The summed E-state index contributed by atoms with van der Waals surface area (Å²) in [7, 11) is 0. The van der Waals surface area contributed by atoms with Crippen LogP contribution in [0, 0.1) is 0 Å². The molecule has 3 rings (SSSR count). The van der Waals surface area contributed by atoms with E-state index in [-0.39, 0.29) is 17.6 Å². The molecule has 3 heteroatoms. The summed E-state index contributed by atoms with van der Waals surface area (Å²) in [4.78, 5) is 0. The van der Waals surface area contributed by atoms with Gasteiger partial charge in [-0.1, -0.05) is 18.6 Å². The molecule has 1 aliphatic rings. The average Bonchev–Trinajstić information content (AvgIpc) is 2.52. The van der Waals surface area contributed by atoms with E-state index in [2.05, 4.69) is 0 Å². The first kappa shape index (κ1) is 14.9. The molecule has 0 radical (unpaired) electrons. The molecule has 0 unspecified atom stereocenters. The Balaban J connectivity index is 2.07. The van der Waals surface area contributed by atoms with Crippen molar-refractivity contribution >= 4 is 0 Å². The maximum Gasteiger partial charge on any atom is 0.123 e. The maximum absolute atomic E-state index is 10.2. The first-order chi connectivity index (χ1) is 10.6.